The van der Waals surface area contributed by atoms with Crippen LogP contribution in [-0.2, 0) is 9.63 Å². The van der Waals surface area contributed by atoms with E-state index in [9.17, 15) is 15.0 Å². The number of carbonyl (C=O) groups is 1. The zero-order valence-electron chi connectivity index (χ0n) is 17.2. The minimum Gasteiger partial charge on any atom is -0.396 e. The molecule has 0 bridgehead atoms. The Hall–Kier alpha value is -0.950. The van der Waals surface area contributed by atoms with E-state index in [2.05, 4.69) is 19.3 Å². The topological polar surface area (TPSA) is 105 Å². The molecule has 0 heterocycles. The molecule has 0 aliphatic heterocycles. The number of nitrogens with one attached hydrogen (secondary N) is 1. The van der Waals surface area contributed by atoms with Crippen molar-refractivity contribution in [3.8, 4) is 0 Å². The number of aliphatic hydroxyl groups is 2. The first-order valence-corrected chi connectivity index (χ1v) is 11.0. The van der Waals surface area contributed by atoms with Gasteiger partial charge in [-0.25, -0.2) is 0 Å². The molecule has 0 amide bonds. The lowest BCUT2D eigenvalue weighted by molar-refractivity contribution is -0.189. The highest BCUT2D eigenvalue weighted by Gasteiger charge is 2.65. The number of carbonyl (C=O) groups excluding carboxylic acids is 1. The molecule has 158 valence electrons. The third-order valence-corrected chi connectivity index (χ3v) is 8.91. The molecule has 5 N–H and O–H groups in total. The highest BCUT2D eigenvalue weighted by molar-refractivity contribution is 5.96. The van der Waals surface area contributed by atoms with Crippen molar-refractivity contribution >= 4 is 5.78 Å². The number of aliphatic hydroxyl groups excluding tert-OH is 2. The number of hydrogen-bond donors (Lipinski definition) is 4. The van der Waals surface area contributed by atoms with Crippen LogP contribution in [0.5, 0.6) is 0 Å². The van der Waals surface area contributed by atoms with E-state index < -0.39 is 11.5 Å². The van der Waals surface area contributed by atoms with Crippen LogP contribution in [0.1, 0.15) is 52.4 Å². The lowest BCUT2D eigenvalue weighted by Gasteiger charge is -2.62. The number of rotatable bonds is 5. The maximum Gasteiger partial charge on any atom is 0.163 e. The number of ketones is 1. The Balaban J connectivity index is 1.68. The summed E-state index contributed by atoms with van der Waals surface area (Å²) in [4.78, 5) is 18.8. The molecule has 4 aliphatic carbocycles. The Bertz CT molecular complexity index is 652. The van der Waals surface area contributed by atoms with Gasteiger partial charge in [0.2, 0.25) is 0 Å². The number of fused-ring (bicyclic) bond motifs is 5. The normalized spacial score (nSPS) is 47.8. The van der Waals surface area contributed by atoms with Crippen LogP contribution in [-0.4, -0.2) is 41.9 Å². The minimum atomic E-state index is -0.548. The number of hydrogen-bond acceptors (Lipinski definition) is 6. The summed E-state index contributed by atoms with van der Waals surface area (Å²) in [6.45, 7) is 5.15. The van der Waals surface area contributed by atoms with Gasteiger partial charge in [-0.05, 0) is 61.2 Å². The van der Waals surface area contributed by atoms with E-state index in [0.717, 1.165) is 25.0 Å². The largest absolute Gasteiger partial charge is 0.396 e. The van der Waals surface area contributed by atoms with Crippen molar-refractivity contribution in [2.75, 3.05) is 19.8 Å². The van der Waals surface area contributed by atoms with Crippen LogP contribution in [0, 0.1) is 40.4 Å². The zero-order valence-corrected chi connectivity index (χ0v) is 17.2. The van der Waals surface area contributed by atoms with Crippen molar-refractivity contribution in [2.24, 2.45) is 46.2 Å². The van der Waals surface area contributed by atoms with Gasteiger partial charge in [-0.15, -0.1) is 0 Å². The highest BCUT2D eigenvalue weighted by Crippen LogP contribution is 2.66. The quantitative estimate of drug-likeness (QED) is 0.420. The molecule has 6 nitrogen and oxygen atoms in total. The fraction of sp³-hybridized carbons (Fsp3) is 0.864. The van der Waals surface area contributed by atoms with Gasteiger partial charge >= 0.3 is 0 Å². The first-order chi connectivity index (χ1) is 13.4. The molecule has 0 aromatic carbocycles. The van der Waals surface area contributed by atoms with Crippen molar-refractivity contribution in [1.82, 2.24) is 5.48 Å². The summed E-state index contributed by atoms with van der Waals surface area (Å²) in [7, 11) is 0. The first-order valence-electron chi connectivity index (χ1n) is 11.0. The van der Waals surface area contributed by atoms with Gasteiger partial charge in [0, 0.05) is 36.3 Å². The van der Waals surface area contributed by atoms with E-state index in [-0.39, 0.29) is 41.5 Å². The molecule has 0 aromatic rings. The number of nitrogens with two attached hydrogens (primary N) is 1. The Morgan fingerprint density at radius 2 is 2.04 bits per heavy atom. The lowest BCUT2D eigenvalue weighted by Crippen LogP contribution is -2.64. The predicted molar refractivity (Wildman–Crippen MR) is 106 cm³/mol. The summed E-state index contributed by atoms with van der Waals surface area (Å²) in [5, 5.41) is 21.6. The summed E-state index contributed by atoms with van der Waals surface area (Å²) in [5.74, 6) is 0.502. The smallest absolute Gasteiger partial charge is 0.163 e. The summed E-state index contributed by atoms with van der Waals surface area (Å²) >= 11 is 0. The molecule has 0 spiro atoms. The molecular formula is C22H36N2O4. The van der Waals surface area contributed by atoms with Crippen LogP contribution in [0.25, 0.3) is 0 Å². The van der Waals surface area contributed by atoms with Crippen molar-refractivity contribution in [2.45, 2.75) is 58.5 Å². The predicted octanol–water partition coefficient (Wildman–Crippen LogP) is 1.76. The van der Waals surface area contributed by atoms with Crippen molar-refractivity contribution < 1.29 is 19.8 Å². The average Bonchev–Trinajstić information content (AvgIpc) is 3.06. The van der Waals surface area contributed by atoms with Crippen molar-refractivity contribution in [3.63, 3.8) is 0 Å². The molecule has 4 rings (SSSR count). The highest BCUT2D eigenvalue weighted by atomic mass is 16.6. The molecule has 4 unspecified atom stereocenters. The number of allylic oxidation sites excluding steroid dienone is 2. The minimum absolute atomic E-state index is 0.0824. The molecule has 3 fully saturated rings. The molecule has 4 aliphatic rings. The van der Waals surface area contributed by atoms with Gasteiger partial charge < -0.3 is 15.9 Å². The molecule has 0 aromatic heterocycles. The Kier molecular flexibility index (Phi) is 5.36. The summed E-state index contributed by atoms with van der Waals surface area (Å²) in [5.41, 5.74) is 8.82. The second kappa shape index (κ2) is 7.38. The molecule has 8 atom stereocenters. The zero-order chi connectivity index (χ0) is 20.1. The van der Waals surface area contributed by atoms with E-state index in [1.165, 1.54) is 12.8 Å². The fourth-order valence-corrected chi connectivity index (χ4v) is 7.45. The van der Waals surface area contributed by atoms with Gasteiger partial charge in [-0.3, -0.25) is 15.1 Å². The molecule has 6 heteroatoms. The Morgan fingerprint density at radius 1 is 1.25 bits per heavy atom. The van der Waals surface area contributed by atoms with Gasteiger partial charge in [0.25, 0.3) is 0 Å². The van der Waals surface area contributed by atoms with Crippen LogP contribution >= 0.6 is 0 Å². The van der Waals surface area contributed by atoms with E-state index in [4.69, 9.17) is 10.6 Å². The van der Waals surface area contributed by atoms with E-state index >= 15 is 0 Å². The van der Waals surface area contributed by atoms with E-state index in [0.29, 0.717) is 25.5 Å². The standard InChI is InChI=1S/C22H36N2O4/c1-21-6-3-4-15(21)19-16(5-7-21)22(2)17(14(12-25)20(19)27)10-13(11-18(22)26)24-28-9-8-23/h11,14-17,19-20,24-25,27H,3-10,12,23H2,1-2H3/t14-,15?,16?,17?,19?,20-,21+,22-/m1/s1. The molecule has 0 radical (unpaired) electrons. The molecule has 3 saturated carbocycles. The maximum atomic E-state index is 13.4. The van der Waals surface area contributed by atoms with E-state index in [1.807, 2.05) is 0 Å². The molecule has 28 heavy (non-hydrogen) atoms. The SMILES string of the molecule is C[C@@]12CCCC1C1C(CC2)[C@@]2(C)C(=O)C=C(NOCCN)CC2[C@@H](CO)[C@H]1O. The van der Waals surface area contributed by atoms with Crippen molar-refractivity contribution in [1.29, 1.82) is 0 Å². The Labute approximate surface area is 167 Å². The second-order valence-electron chi connectivity index (χ2n) is 10.1. The average molecular weight is 393 g/mol. The third kappa shape index (κ3) is 2.87. The molecule has 0 saturated heterocycles. The summed E-state index contributed by atoms with van der Waals surface area (Å²) in [6, 6.07) is 0. The van der Waals surface area contributed by atoms with Gasteiger partial charge in [0.1, 0.15) is 0 Å². The van der Waals surface area contributed by atoms with Crippen LogP contribution in [0.2, 0.25) is 0 Å². The monoisotopic (exact) mass is 392 g/mol. The van der Waals surface area contributed by atoms with Gasteiger partial charge in [0.05, 0.1) is 12.7 Å². The lowest BCUT2D eigenvalue weighted by atomic mass is 9.42. The van der Waals surface area contributed by atoms with Crippen LogP contribution < -0.4 is 11.2 Å². The van der Waals surface area contributed by atoms with Crippen LogP contribution in [0.3, 0.4) is 0 Å². The van der Waals surface area contributed by atoms with Crippen molar-refractivity contribution in [3.05, 3.63) is 11.8 Å². The number of hydroxylamine groups is 1. The summed E-state index contributed by atoms with van der Waals surface area (Å²) < 4.78 is 0. The van der Waals surface area contributed by atoms with Crippen LogP contribution in [0.15, 0.2) is 11.8 Å². The van der Waals surface area contributed by atoms with Gasteiger partial charge in [-0.1, -0.05) is 20.3 Å². The van der Waals surface area contributed by atoms with Gasteiger partial charge in [-0.2, -0.15) is 0 Å². The maximum absolute atomic E-state index is 13.4. The summed E-state index contributed by atoms with van der Waals surface area (Å²) in [6.07, 6.45) is 7.45. The van der Waals surface area contributed by atoms with E-state index in [1.54, 1.807) is 6.08 Å². The molecular weight excluding hydrogens is 356 g/mol. The third-order valence-electron chi connectivity index (χ3n) is 8.91. The fourth-order valence-electron chi connectivity index (χ4n) is 7.45. The second-order valence-corrected chi connectivity index (χ2v) is 10.1. The Morgan fingerprint density at radius 3 is 2.75 bits per heavy atom. The van der Waals surface area contributed by atoms with Gasteiger partial charge in [0.15, 0.2) is 5.78 Å². The van der Waals surface area contributed by atoms with Crippen LogP contribution in [0.4, 0.5) is 0 Å². The first kappa shape index (κ1) is 20.3.